The summed E-state index contributed by atoms with van der Waals surface area (Å²) in [5.74, 6) is -1.84. The van der Waals surface area contributed by atoms with Crippen molar-refractivity contribution in [3.63, 3.8) is 0 Å². The normalized spacial score (nSPS) is 12.3. The van der Waals surface area contributed by atoms with E-state index < -0.39 is 11.9 Å². The van der Waals surface area contributed by atoms with Gasteiger partial charge in [-0.2, -0.15) is 0 Å². The molecule has 0 saturated heterocycles. The third kappa shape index (κ3) is 4.22. The molecule has 1 aromatic carbocycles. The van der Waals surface area contributed by atoms with Crippen LogP contribution in [0.5, 0.6) is 0 Å². The first-order chi connectivity index (χ1) is 8.86. The monoisotopic (exact) mass is 302 g/mol. The van der Waals surface area contributed by atoms with Gasteiger partial charge in [0.2, 0.25) is 0 Å². The molecule has 0 heterocycles. The van der Waals surface area contributed by atoms with E-state index in [4.69, 9.17) is 27.9 Å². The van der Waals surface area contributed by atoms with E-state index >= 15 is 0 Å². The van der Waals surface area contributed by atoms with Crippen LogP contribution in [0.3, 0.4) is 0 Å². The van der Waals surface area contributed by atoms with Gasteiger partial charge in [-0.25, -0.2) is 0 Å². The molecule has 0 aliphatic heterocycles. The molecule has 1 rings (SSSR count). The largest absolute Gasteiger partial charge is 0.465 e. The number of esters is 1. The smallest absolute Gasteiger partial charge is 0.317 e. The molecule has 3 nitrogen and oxygen atoms in total. The van der Waals surface area contributed by atoms with Crippen LogP contribution >= 0.6 is 23.2 Å². The zero-order chi connectivity index (χ0) is 14.6. The minimum Gasteiger partial charge on any atom is -0.465 e. The number of carbonyl (C=O) groups excluding carboxylic acids is 2. The molecule has 0 radical (unpaired) electrons. The number of rotatable bonds is 5. The van der Waals surface area contributed by atoms with Gasteiger partial charge in [-0.1, -0.05) is 37.0 Å². The molecule has 1 aromatic rings. The highest BCUT2D eigenvalue weighted by Gasteiger charge is 2.32. The molecule has 0 bridgehead atoms. The van der Waals surface area contributed by atoms with Crippen molar-refractivity contribution in [1.82, 2.24) is 0 Å². The number of ether oxygens (including phenoxy) is 1. The molecule has 5 heteroatoms. The second kappa shape index (κ2) is 6.92. The lowest BCUT2D eigenvalue weighted by Crippen LogP contribution is -2.30. The Labute approximate surface area is 122 Å². The number of hydrogen-bond acceptors (Lipinski definition) is 3. The maximum absolute atomic E-state index is 12.4. The van der Waals surface area contributed by atoms with Gasteiger partial charge in [0, 0.05) is 15.6 Å². The summed E-state index contributed by atoms with van der Waals surface area (Å²) in [6.45, 7) is 5.54. The van der Waals surface area contributed by atoms with Crippen molar-refractivity contribution in [2.24, 2.45) is 11.8 Å². The number of benzene rings is 1. The van der Waals surface area contributed by atoms with Crippen LogP contribution in [0.2, 0.25) is 10.0 Å². The van der Waals surface area contributed by atoms with Crippen molar-refractivity contribution < 1.29 is 14.3 Å². The van der Waals surface area contributed by atoms with E-state index in [1.165, 1.54) is 18.2 Å². The fourth-order valence-electron chi connectivity index (χ4n) is 1.79. The minimum absolute atomic E-state index is 0.163. The average Bonchev–Trinajstić information content (AvgIpc) is 2.27. The predicted octanol–water partition coefficient (Wildman–Crippen LogP) is 4.01. The van der Waals surface area contributed by atoms with Gasteiger partial charge in [0.25, 0.3) is 0 Å². The first-order valence-corrected chi connectivity index (χ1v) is 6.79. The summed E-state index contributed by atoms with van der Waals surface area (Å²) in [6.07, 6.45) is 0. The molecular formula is C14H16Cl2O3. The molecule has 1 atom stereocenters. The molecule has 0 aliphatic rings. The highest BCUT2D eigenvalue weighted by atomic mass is 35.5. The SMILES string of the molecule is CCOC(=O)C(C(=O)c1cc(Cl)cc(Cl)c1)C(C)C. The van der Waals surface area contributed by atoms with E-state index in [1.54, 1.807) is 20.8 Å². The van der Waals surface area contributed by atoms with Crippen molar-refractivity contribution in [1.29, 1.82) is 0 Å². The van der Waals surface area contributed by atoms with Crippen LogP contribution in [0.15, 0.2) is 18.2 Å². The minimum atomic E-state index is -0.838. The first-order valence-electron chi connectivity index (χ1n) is 6.03. The maximum Gasteiger partial charge on any atom is 0.317 e. The molecule has 0 amide bonds. The Morgan fingerprint density at radius 2 is 1.68 bits per heavy atom. The molecule has 0 spiro atoms. The van der Waals surface area contributed by atoms with Gasteiger partial charge < -0.3 is 4.74 Å². The number of Topliss-reactive ketones (excluding diaryl/α,β-unsaturated/α-hetero) is 1. The van der Waals surface area contributed by atoms with E-state index in [-0.39, 0.29) is 18.3 Å². The van der Waals surface area contributed by atoms with E-state index in [1.807, 2.05) is 0 Å². The number of ketones is 1. The van der Waals surface area contributed by atoms with Crippen LogP contribution in [0.1, 0.15) is 31.1 Å². The third-order valence-corrected chi connectivity index (χ3v) is 3.07. The lowest BCUT2D eigenvalue weighted by Gasteiger charge is -2.18. The Morgan fingerprint density at radius 1 is 1.16 bits per heavy atom. The average molecular weight is 303 g/mol. The zero-order valence-corrected chi connectivity index (χ0v) is 12.6. The molecule has 0 saturated carbocycles. The molecule has 19 heavy (non-hydrogen) atoms. The summed E-state index contributed by atoms with van der Waals surface area (Å²) in [5.41, 5.74) is 0.323. The van der Waals surface area contributed by atoms with Gasteiger partial charge in [0.1, 0.15) is 5.92 Å². The van der Waals surface area contributed by atoms with Gasteiger partial charge in [-0.05, 0) is 31.0 Å². The Hall–Kier alpha value is -1.06. The molecule has 0 aliphatic carbocycles. The van der Waals surface area contributed by atoms with Crippen molar-refractivity contribution in [3.05, 3.63) is 33.8 Å². The topological polar surface area (TPSA) is 43.4 Å². The number of hydrogen-bond donors (Lipinski definition) is 0. The summed E-state index contributed by atoms with van der Waals surface area (Å²) < 4.78 is 4.94. The van der Waals surface area contributed by atoms with Crippen LogP contribution < -0.4 is 0 Å². The van der Waals surface area contributed by atoms with Crippen molar-refractivity contribution in [2.75, 3.05) is 6.61 Å². The van der Waals surface area contributed by atoms with Gasteiger partial charge in [-0.3, -0.25) is 9.59 Å². The second-order valence-electron chi connectivity index (χ2n) is 4.50. The zero-order valence-electron chi connectivity index (χ0n) is 11.1. The van der Waals surface area contributed by atoms with Gasteiger partial charge in [-0.15, -0.1) is 0 Å². The Bertz CT molecular complexity index is 463. The summed E-state index contributed by atoms with van der Waals surface area (Å²) in [7, 11) is 0. The predicted molar refractivity (Wildman–Crippen MR) is 75.8 cm³/mol. The van der Waals surface area contributed by atoms with E-state index in [0.29, 0.717) is 15.6 Å². The highest BCUT2D eigenvalue weighted by molar-refractivity contribution is 6.35. The van der Waals surface area contributed by atoms with Gasteiger partial charge in [0.05, 0.1) is 6.61 Å². The Balaban J connectivity index is 3.09. The fraction of sp³-hybridized carbons (Fsp3) is 0.429. The van der Waals surface area contributed by atoms with Crippen LogP contribution in [-0.4, -0.2) is 18.4 Å². The summed E-state index contributed by atoms with van der Waals surface area (Å²) in [4.78, 5) is 24.2. The van der Waals surface area contributed by atoms with Crippen LogP contribution in [-0.2, 0) is 9.53 Å². The lowest BCUT2D eigenvalue weighted by molar-refractivity contribution is -0.147. The quantitative estimate of drug-likeness (QED) is 0.469. The van der Waals surface area contributed by atoms with E-state index in [0.717, 1.165) is 0 Å². The molecule has 1 unspecified atom stereocenters. The second-order valence-corrected chi connectivity index (χ2v) is 5.37. The van der Waals surface area contributed by atoms with E-state index in [2.05, 4.69) is 0 Å². The summed E-state index contributed by atoms with van der Waals surface area (Å²) in [6, 6.07) is 4.55. The molecule has 0 aromatic heterocycles. The maximum atomic E-state index is 12.4. The number of carbonyl (C=O) groups is 2. The van der Waals surface area contributed by atoms with Crippen molar-refractivity contribution in [2.45, 2.75) is 20.8 Å². The summed E-state index contributed by atoms with van der Waals surface area (Å²) in [5, 5.41) is 0.726. The highest BCUT2D eigenvalue weighted by Crippen LogP contribution is 2.24. The Kier molecular flexibility index (Phi) is 5.83. The Morgan fingerprint density at radius 3 is 2.11 bits per heavy atom. The van der Waals surface area contributed by atoms with E-state index in [9.17, 15) is 9.59 Å². The van der Waals surface area contributed by atoms with Gasteiger partial charge in [0.15, 0.2) is 5.78 Å². The lowest BCUT2D eigenvalue weighted by atomic mass is 9.88. The standard InChI is InChI=1S/C14H16Cl2O3/c1-4-19-14(18)12(8(2)3)13(17)9-5-10(15)7-11(16)6-9/h5-8,12H,4H2,1-3H3. The first kappa shape index (κ1) is 16.0. The molecular weight excluding hydrogens is 287 g/mol. The van der Waals surface area contributed by atoms with Crippen molar-refractivity contribution in [3.8, 4) is 0 Å². The summed E-state index contributed by atoms with van der Waals surface area (Å²) >= 11 is 11.7. The third-order valence-electron chi connectivity index (χ3n) is 2.64. The van der Waals surface area contributed by atoms with Crippen molar-refractivity contribution >= 4 is 35.0 Å². The molecule has 0 N–H and O–H groups in total. The fourth-order valence-corrected chi connectivity index (χ4v) is 2.32. The van der Waals surface area contributed by atoms with Crippen LogP contribution in [0.25, 0.3) is 0 Å². The molecule has 104 valence electrons. The van der Waals surface area contributed by atoms with Crippen LogP contribution in [0, 0.1) is 11.8 Å². The number of halogens is 2. The van der Waals surface area contributed by atoms with Gasteiger partial charge >= 0.3 is 5.97 Å². The molecule has 0 fully saturated rings. The van der Waals surface area contributed by atoms with Crippen LogP contribution in [0.4, 0.5) is 0 Å².